The third-order valence-electron chi connectivity index (χ3n) is 5.63. The first-order valence-electron chi connectivity index (χ1n) is 10.8. The average Bonchev–Trinajstić information content (AvgIpc) is 3.23. The van der Waals surface area contributed by atoms with Crippen LogP contribution in [0.2, 0.25) is 0 Å². The van der Waals surface area contributed by atoms with Crippen molar-refractivity contribution in [2.45, 2.75) is 13.0 Å². The molecule has 1 N–H and O–H groups in total. The summed E-state index contributed by atoms with van der Waals surface area (Å²) >= 11 is 0. The molecule has 31 heavy (non-hydrogen) atoms. The number of piperazine rings is 1. The first-order valence-corrected chi connectivity index (χ1v) is 10.8. The summed E-state index contributed by atoms with van der Waals surface area (Å²) in [6, 6.07) is 12.2. The average molecular weight is 424 g/mol. The number of aliphatic hydroxyl groups excluding tert-OH is 1. The zero-order valence-corrected chi connectivity index (χ0v) is 17.7. The molecule has 1 fully saturated rings. The highest BCUT2D eigenvalue weighted by Crippen LogP contribution is 2.15. The Kier molecular flexibility index (Phi) is 7.24. The second-order valence-corrected chi connectivity index (χ2v) is 7.71. The van der Waals surface area contributed by atoms with E-state index in [1.807, 2.05) is 33.7 Å². The predicted octanol–water partition coefficient (Wildman–Crippen LogP) is 1.44. The minimum atomic E-state index is 0.00409. The summed E-state index contributed by atoms with van der Waals surface area (Å²) < 4.78 is 7.36. The lowest BCUT2D eigenvalue weighted by atomic mass is 10.1. The van der Waals surface area contributed by atoms with Crippen LogP contribution in [0.25, 0.3) is 11.2 Å². The molecule has 3 aromatic rings. The molecule has 0 spiro atoms. The van der Waals surface area contributed by atoms with Gasteiger partial charge in [0.25, 0.3) is 5.91 Å². The number of fused-ring (bicyclic) bond motifs is 1. The molecule has 164 valence electrons. The van der Waals surface area contributed by atoms with Crippen molar-refractivity contribution in [1.29, 1.82) is 0 Å². The van der Waals surface area contributed by atoms with Crippen LogP contribution in [0, 0.1) is 0 Å². The number of imidazole rings is 1. The van der Waals surface area contributed by atoms with E-state index in [9.17, 15) is 4.79 Å². The Morgan fingerprint density at radius 2 is 1.84 bits per heavy atom. The molecule has 0 saturated carbocycles. The van der Waals surface area contributed by atoms with Gasteiger partial charge in [-0.05, 0) is 18.1 Å². The van der Waals surface area contributed by atoms with E-state index >= 15 is 0 Å². The van der Waals surface area contributed by atoms with Crippen molar-refractivity contribution in [2.24, 2.45) is 0 Å². The number of rotatable bonds is 9. The van der Waals surface area contributed by atoms with Crippen LogP contribution in [0.5, 0.6) is 0 Å². The van der Waals surface area contributed by atoms with E-state index in [1.165, 1.54) is 5.56 Å². The van der Waals surface area contributed by atoms with Crippen molar-refractivity contribution in [1.82, 2.24) is 24.3 Å². The van der Waals surface area contributed by atoms with Crippen LogP contribution in [0.3, 0.4) is 0 Å². The second kappa shape index (κ2) is 10.5. The van der Waals surface area contributed by atoms with Gasteiger partial charge in [-0.3, -0.25) is 9.69 Å². The lowest BCUT2D eigenvalue weighted by Crippen LogP contribution is -2.49. The fourth-order valence-electron chi connectivity index (χ4n) is 3.84. The van der Waals surface area contributed by atoms with Crippen LogP contribution in [0.15, 0.2) is 48.9 Å². The Hall–Kier alpha value is -2.81. The van der Waals surface area contributed by atoms with Gasteiger partial charge in [-0.2, -0.15) is 0 Å². The Balaban J connectivity index is 1.33. The Morgan fingerprint density at radius 3 is 2.61 bits per heavy atom. The van der Waals surface area contributed by atoms with E-state index in [1.54, 1.807) is 12.5 Å². The summed E-state index contributed by atoms with van der Waals surface area (Å²) in [5.41, 5.74) is 3.41. The first-order chi connectivity index (χ1) is 15.2. The minimum absolute atomic E-state index is 0.00409. The molecular weight excluding hydrogens is 394 g/mol. The van der Waals surface area contributed by atoms with Crippen molar-refractivity contribution in [3.8, 4) is 0 Å². The van der Waals surface area contributed by atoms with Crippen LogP contribution in [0.4, 0.5) is 0 Å². The molecule has 0 radical (unpaired) electrons. The monoisotopic (exact) mass is 423 g/mol. The molecule has 1 aliphatic heterocycles. The maximum Gasteiger partial charge on any atom is 0.255 e. The molecule has 8 nitrogen and oxygen atoms in total. The highest BCUT2D eigenvalue weighted by molar-refractivity contribution is 5.96. The molecule has 4 rings (SSSR count). The van der Waals surface area contributed by atoms with Gasteiger partial charge in [-0.25, -0.2) is 9.97 Å². The summed E-state index contributed by atoms with van der Waals surface area (Å²) in [5.74, 6) is 0.00409. The van der Waals surface area contributed by atoms with Crippen molar-refractivity contribution < 1.29 is 14.6 Å². The van der Waals surface area contributed by atoms with Gasteiger partial charge < -0.3 is 19.3 Å². The molecule has 1 aromatic carbocycles. The molecule has 0 unspecified atom stereocenters. The van der Waals surface area contributed by atoms with Gasteiger partial charge >= 0.3 is 0 Å². The van der Waals surface area contributed by atoms with Crippen LogP contribution < -0.4 is 0 Å². The van der Waals surface area contributed by atoms with E-state index < -0.39 is 0 Å². The second-order valence-electron chi connectivity index (χ2n) is 7.71. The van der Waals surface area contributed by atoms with Crippen molar-refractivity contribution >= 4 is 17.1 Å². The molecule has 0 atom stereocenters. The molecule has 1 saturated heterocycles. The maximum atomic E-state index is 12.9. The van der Waals surface area contributed by atoms with Crippen LogP contribution in [-0.4, -0.2) is 87.9 Å². The zero-order valence-electron chi connectivity index (χ0n) is 17.7. The number of aliphatic hydroxyl groups is 1. The van der Waals surface area contributed by atoms with Gasteiger partial charge in [0.2, 0.25) is 0 Å². The third kappa shape index (κ3) is 5.46. The number of nitrogens with zero attached hydrogens (tertiary/aromatic N) is 5. The van der Waals surface area contributed by atoms with Gasteiger partial charge in [0, 0.05) is 45.5 Å². The fourth-order valence-corrected chi connectivity index (χ4v) is 3.84. The zero-order chi connectivity index (χ0) is 21.5. The lowest BCUT2D eigenvalue weighted by molar-refractivity contribution is 0.0486. The SMILES string of the molecule is O=C(c1cnc2c(c1)ncn2CCc1ccccc1)N1CCN(CCOCCO)CC1. The van der Waals surface area contributed by atoms with E-state index in [4.69, 9.17) is 9.84 Å². The fraction of sp³-hybridized carbons (Fsp3) is 0.435. The van der Waals surface area contributed by atoms with Gasteiger partial charge in [0.05, 0.1) is 31.7 Å². The highest BCUT2D eigenvalue weighted by Gasteiger charge is 2.22. The van der Waals surface area contributed by atoms with Gasteiger partial charge in [0.15, 0.2) is 5.65 Å². The first kappa shape index (κ1) is 21.4. The van der Waals surface area contributed by atoms with Crippen molar-refractivity contribution in [2.75, 3.05) is 52.5 Å². The molecule has 3 heterocycles. The number of carbonyl (C=O) groups excluding carboxylic acids is 1. The number of amides is 1. The van der Waals surface area contributed by atoms with E-state index in [2.05, 4.69) is 27.0 Å². The van der Waals surface area contributed by atoms with E-state index in [-0.39, 0.29) is 12.5 Å². The summed E-state index contributed by atoms with van der Waals surface area (Å²) in [6.45, 7) is 5.63. The van der Waals surface area contributed by atoms with Crippen molar-refractivity contribution in [3.05, 3.63) is 60.0 Å². The standard InChI is InChI=1S/C23H29N5O3/c29-13-15-31-14-12-26-8-10-27(11-9-26)23(30)20-16-21-22(24-17-20)28(18-25-21)7-6-19-4-2-1-3-5-19/h1-5,16-18,29H,6-15H2. The van der Waals surface area contributed by atoms with Crippen LogP contribution in [-0.2, 0) is 17.7 Å². The number of aryl methyl sites for hydroxylation is 2. The van der Waals surface area contributed by atoms with Gasteiger partial charge in [-0.15, -0.1) is 0 Å². The number of ether oxygens (including phenoxy) is 1. The number of pyridine rings is 1. The van der Waals surface area contributed by atoms with Crippen LogP contribution >= 0.6 is 0 Å². The molecule has 2 aromatic heterocycles. The van der Waals surface area contributed by atoms with E-state index in [0.717, 1.165) is 43.8 Å². The Bertz CT molecular complexity index is 983. The third-order valence-corrected chi connectivity index (χ3v) is 5.63. The number of hydrogen-bond donors (Lipinski definition) is 1. The summed E-state index contributed by atoms with van der Waals surface area (Å²) in [7, 11) is 0. The minimum Gasteiger partial charge on any atom is -0.394 e. The molecule has 1 aliphatic rings. The molecular formula is C23H29N5O3. The van der Waals surface area contributed by atoms with Crippen LogP contribution in [0.1, 0.15) is 15.9 Å². The predicted molar refractivity (Wildman–Crippen MR) is 118 cm³/mol. The quantitative estimate of drug-likeness (QED) is 0.525. The number of benzene rings is 1. The smallest absolute Gasteiger partial charge is 0.255 e. The Morgan fingerprint density at radius 1 is 1.03 bits per heavy atom. The molecule has 0 bridgehead atoms. The maximum absolute atomic E-state index is 12.9. The van der Waals surface area contributed by atoms with E-state index in [0.29, 0.717) is 31.9 Å². The summed E-state index contributed by atoms with van der Waals surface area (Å²) in [4.78, 5) is 26.1. The highest BCUT2D eigenvalue weighted by atomic mass is 16.5. The lowest BCUT2D eigenvalue weighted by Gasteiger charge is -2.34. The summed E-state index contributed by atoms with van der Waals surface area (Å²) in [5, 5.41) is 8.76. The van der Waals surface area contributed by atoms with Gasteiger partial charge in [0.1, 0.15) is 5.52 Å². The van der Waals surface area contributed by atoms with Gasteiger partial charge in [-0.1, -0.05) is 30.3 Å². The molecule has 8 heteroatoms. The number of aromatic nitrogens is 3. The van der Waals surface area contributed by atoms with Crippen molar-refractivity contribution in [3.63, 3.8) is 0 Å². The summed E-state index contributed by atoms with van der Waals surface area (Å²) in [6.07, 6.45) is 4.37. The number of carbonyl (C=O) groups is 1. The largest absolute Gasteiger partial charge is 0.394 e. The number of hydrogen-bond acceptors (Lipinski definition) is 6. The molecule has 0 aliphatic carbocycles. The topological polar surface area (TPSA) is 83.7 Å². The molecule has 1 amide bonds. The Labute approximate surface area is 182 Å². The normalized spacial score (nSPS) is 14.9.